The highest BCUT2D eigenvalue weighted by Crippen LogP contribution is 2.27. The monoisotopic (exact) mass is 299 g/mol. The summed E-state index contributed by atoms with van der Waals surface area (Å²) in [5, 5.41) is 4.35. The van der Waals surface area contributed by atoms with Gasteiger partial charge in [-0.2, -0.15) is 5.10 Å². The number of nitrogens with one attached hydrogen (secondary N) is 1. The van der Waals surface area contributed by atoms with Crippen molar-refractivity contribution in [2.45, 2.75) is 52.5 Å². The van der Waals surface area contributed by atoms with Crippen molar-refractivity contribution in [2.24, 2.45) is 13.0 Å². The molecule has 0 aliphatic heterocycles. The summed E-state index contributed by atoms with van der Waals surface area (Å²) in [5.41, 5.74) is 2.89. The highest BCUT2D eigenvalue weighted by molar-refractivity contribution is 7.89. The van der Waals surface area contributed by atoms with Crippen molar-refractivity contribution in [1.82, 2.24) is 14.5 Å². The maximum absolute atomic E-state index is 12.3. The van der Waals surface area contributed by atoms with Crippen molar-refractivity contribution < 1.29 is 8.42 Å². The van der Waals surface area contributed by atoms with Crippen LogP contribution in [-0.4, -0.2) is 24.0 Å². The van der Waals surface area contributed by atoms with Gasteiger partial charge in [-0.25, -0.2) is 13.1 Å². The summed E-state index contributed by atoms with van der Waals surface area (Å²) in [6.45, 7) is 5.78. The molecule has 0 spiro atoms. The fourth-order valence-electron chi connectivity index (χ4n) is 3.28. The number of sulfonamides is 1. The van der Waals surface area contributed by atoms with E-state index >= 15 is 0 Å². The summed E-state index contributed by atoms with van der Waals surface area (Å²) in [6.07, 6.45) is 4.41. The maximum Gasteiger partial charge on any atom is 0.212 e. The molecule has 0 unspecified atom stereocenters. The molecule has 1 atom stereocenters. The molecule has 0 amide bonds. The van der Waals surface area contributed by atoms with E-state index in [2.05, 4.69) is 9.82 Å². The van der Waals surface area contributed by atoms with E-state index in [4.69, 9.17) is 0 Å². The van der Waals surface area contributed by atoms with Crippen LogP contribution in [0.1, 0.15) is 55.6 Å². The first-order valence-electron chi connectivity index (χ1n) is 7.30. The lowest BCUT2D eigenvalue weighted by molar-refractivity contribution is 0.536. The number of hydrogen-bond acceptors (Lipinski definition) is 3. The van der Waals surface area contributed by atoms with Gasteiger partial charge in [0.15, 0.2) is 0 Å². The molecule has 0 aromatic carbocycles. The average Bonchev–Trinajstić information content (AvgIpc) is 2.87. The molecule has 5 nitrogen and oxygen atoms in total. The molecule has 1 N–H and O–H groups in total. The number of aromatic nitrogens is 2. The van der Waals surface area contributed by atoms with Crippen molar-refractivity contribution in [3.05, 3.63) is 17.0 Å². The number of hydrogen-bond donors (Lipinski definition) is 1. The number of rotatable bonds is 5. The topological polar surface area (TPSA) is 64.0 Å². The summed E-state index contributed by atoms with van der Waals surface area (Å²) < 4.78 is 29.1. The first-order chi connectivity index (χ1) is 9.30. The fraction of sp³-hybridized carbons (Fsp3) is 0.786. The molecule has 1 heterocycles. The molecule has 0 saturated heterocycles. The van der Waals surface area contributed by atoms with E-state index in [-0.39, 0.29) is 11.8 Å². The Bertz CT molecular complexity index is 571. The molecule has 114 valence electrons. The first kappa shape index (κ1) is 15.5. The third-order valence-electron chi connectivity index (χ3n) is 4.28. The molecule has 1 saturated carbocycles. The smallest absolute Gasteiger partial charge is 0.212 e. The van der Waals surface area contributed by atoms with Crippen molar-refractivity contribution in [3.8, 4) is 0 Å². The van der Waals surface area contributed by atoms with Gasteiger partial charge < -0.3 is 0 Å². The van der Waals surface area contributed by atoms with Gasteiger partial charge in [0, 0.05) is 24.3 Å². The van der Waals surface area contributed by atoms with Crippen molar-refractivity contribution in [2.75, 3.05) is 5.75 Å². The summed E-state index contributed by atoms with van der Waals surface area (Å²) in [5.74, 6) is 0.589. The second kappa shape index (κ2) is 5.85. The summed E-state index contributed by atoms with van der Waals surface area (Å²) in [4.78, 5) is 0. The molecular weight excluding hydrogens is 274 g/mol. The molecule has 2 rings (SSSR count). The van der Waals surface area contributed by atoms with Crippen LogP contribution in [0.3, 0.4) is 0 Å². The van der Waals surface area contributed by atoms with Gasteiger partial charge in [-0.05, 0) is 39.5 Å². The fourth-order valence-corrected chi connectivity index (χ4v) is 4.99. The standard InChI is InChI=1S/C14H25N3O2S/c1-10-14(12(3)17(4)15-10)11(2)16-20(18,19)9-13-7-5-6-8-13/h11,13,16H,5-9H2,1-4H3/t11-/m0/s1. The van der Waals surface area contributed by atoms with E-state index in [9.17, 15) is 8.42 Å². The summed E-state index contributed by atoms with van der Waals surface area (Å²) in [7, 11) is -1.34. The highest BCUT2D eigenvalue weighted by atomic mass is 32.2. The van der Waals surface area contributed by atoms with Crippen LogP contribution in [0.2, 0.25) is 0 Å². The Morgan fingerprint density at radius 2 is 1.95 bits per heavy atom. The first-order valence-corrected chi connectivity index (χ1v) is 8.95. The lowest BCUT2D eigenvalue weighted by Gasteiger charge is -2.17. The van der Waals surface area contributed by atoms with E-state index in [1.54, 1.807) is 4.68 Å². The molecule has 1 aromatic rings. The van der Waals surface area contributed by atoms with Crippen LogP contribution >= 0.6 is 0 Å². The van der Waals surface area contributed by atoms with Crippen LogP contribution in [0.15, 0.2) is 0 Å². The average molecular weight is 299 g/mol. The van der Waals surface area contributed by atoms with Crippen molar-refractivity contribution >= 4 is 10.0 Å². The molecule has 0 bridgehead atoms. The van der Waals surface area contributed by atoms with Gasteiger partial charge in [0.2, 0.25) is 10.0 Å². The van der Waals surface area contributed by atoms with Crippen molar-refractivity contribution in [3.63, 3.8) is 0 Å². The summed E-state index contributed by atoms with van der Waals surface area (Å²) in [6, 6.07) is -0.227. The molecule has 1 aliphatic rings. The van der Waals surface area contributed by atoms with Crippen LogP contribution in [0.25, 0.3) is 0 Å². The van der Waals surface area contributed by atoms with E-state index < -0.39 is 10.0 Å². The minimum atomic E-state index is -3.22. The molecule has 1 aromatic heterocycles. The van der Waals surface area contributed by atoms with Gasteiger partial charge in [-0.15, -0.1) is 0 Å². The molecule has 1 aliphatic carbocycles. The van der Waals surface area contributed by atoms with Crippen molar-refractivity contribution in [1.29, 1.82) is 0 Å². The third kappa shape index (κ3) is 3.41. The Kier molecular flexibility index (Phi) is 4.54. The lowest BCUT2D eigenvalue weighted by Crippen LogP contribution is -2.32. The zero-order chi connectivity index (χ0) is 14.9. The Labute approximate surface area is 121 Å². The largest absolute Gasteiger partial charge is 0.272 e. The lowest BCUT2D eigenvalue weighted by atomic mass is 10.1. The van der Waals surface area contributed by atoms with Gasteiger partial charge in [-0.3, -0.25) is 4.68 Å². The minimum Gasteiger partial charge on any atom is -0.272 e. The predicted octanol–water partition coefficient (Wildman–Crippen LogP) is 2.21. The van der Waals surface area contributed by atoms with Crippen LogP contribution in [0.5, 0.6) is 0 Å². The van der Waals surface area contributed by atoms with E-state index in [1.807, 2.05) is 27.8 Å². The second-order valence-corrected chi connectivity index (χ2v) is 7.78. The molecule has 6 heteroatoms. The van der Waals surface area contributed by atoms with Gasteiger partial charge in [0.25, 0.3) is 0 Å². The minimum absolute atomic E-state index is 0.227. The quantitative estimate of drug-likeness (QED) is 0.906. The van der Waals surface area contributed by atoms with Crippen LogP contribution in [0, 0.1) is 19.8 Å². The third-order valence-corrected chi connectivity index (χ3v) is 5.91. The van der Waals surface area contributed by atoms with E-state index in [1.165, 1.54) is 0 Å². The SMILES string of the molecule is Cc1nn(C)c(C)c1[C@H](C)NS(=O)(=O)CC1CCCC1. The Morgan fingerprint density at radius 1 is 1.35 bits per heavy atom. The van der Waals surface area contributed by atoms with E-state index in [0.717, 1.165) is 42.6 Å². The van der Waals surface area contributed by atoms with E-state index in [0.29, 0.717) is 5.92 Å². The zero-order valence-corrected chi connectivity index (χ0v) is 13.6. The van der Waals surface area contributed by atoms with Gasteiger partial charge >= 0.3 is 0 Å². The highest BCUT2D eigenvalue weighted by Gasteiger charge is 2.26. The molecular formula is C14H25N3O2S. The van der Waals surface area contributed by atoms with Crippen LogP contribution in [0.4, 0.5) is 0 Å². The van der Waals surface area contributed by atoms with Gasteiger partial charge in [0.05, 0.1) is 11.4 Å². The van der Waals surface area contributed by atoms with Gasteiger partial charge in [-0.1, -0.05) is 12.8 Å². The maximum atomic E-state index is 12.3. The number of aryl methyl sites for hydroxylation is 2. The Morgan fingerprint density at radius 3 is 2.45 bits per heavy atom. The van der Waals surface area contributed by atoms with Crippen LogP contribution < -0.4 is 4.72 Å². The predicted molar refractivity (Wildman–Crippen MR) is 80.0 cm³/mol. The second-order valence-electron chi connectivity index (χ2n) is 5.98. The number of nitrogens with zero attached hydrogens (tertiary/aromatic N) is 2. The normalized spacial score (nSPS) is 18.6. The Balaban J connectivity index is 2.08. The van der Waals surface area contributed by atoms with Gasteiger partial charge in [0.1, 0.15) is 0 Å². The molecule has 1 fully saturated rings. The Hall–Kier alpha value is -0.880. The summed E-state index contributed by atoms with van der Waals surface area (Å²) >= 11 is 0. The zero-order valence-electron chi connectivity index (χ0n) is 12.8. The molecule has 20 heavy (non-hydrogen) atoms. The molecule has 0 radical (unpaired) electrons. The van der Waals surface area contributed by atoms with Crippen LogP contribution in [-0.2, 0) is 17.1 Å².